The minimum absolute atomic E-state index is 0.179. The highest BCUT2D eigenvalue weighted by molar-refractivity contribution is 5.88. The first-order chi connectivity index (χ1) is 7.50. The van der Waals surface area contributed by atoms with Crippen molar-refractivity contribution in [2.24, 2.45) is 5.92 Å². The Morgan fingerprint density at radius 3 is 2.81 bits per heavy atom. The van der Waals surface area contributed by atoms with E-state index in [1.807, 2.05) is 7.05 Å². The van der Waals surface area contributed by atoms with Crippen molar-refractivity contribution in [1.82, 2.24) is 14.9 Å². The zero-order chi connectivity index (χ0) is 12.1. The summed E-state index contributed by atoms with van der Waals surface area (Å²) in [7, 11) is 1.95. The molecule has 1 N–H and O–H groups in total. The van der Waals surface area contributed by atoms with E-state index in [1.54, 1.807) is 0 Å². The van der Waals surface area contributed by atoms with Gasteiger partial charge in [0.2, 0.25) is 0 Å². The van der Waals surface area contributed by atoms with Crippen molar-refractivity contribution in [1.29, 1.82) is 0 Å². The van der Waals surface area contributed by atoms with E-state index in [1.165, 1.54) is 12.5 Å². The van der Waals surface area contributed by atoms with Crippen LogP contribution in [-0.2, 0) is 6.54 Å². The summed E-state index contributed by atoms with van der Waals surface area (Å²) in [4.78, 5) is 20.7. The SMILES string of the molecule is CC(C)CN(C)Cc1ncncc1C(=O)O. The third-order valence-corrected chi connectivity index (χ3v) is 2.12. The second-order valence-corrected chi connectivity index (χ2v) is 4.28. The molecule has 1 heterocycles. The molecule has 0 aliphatic heterocycles. The van der Waals surface area contributed by atoms with Crippen LogP contribution in [0.4, 0.5) is 0 Å². The normalized spacial score (nSPS) is 11.1. The van der Waals surface area contributed by atoms with Gasteiger partial charge in [-0.3, -0.25) is 0 Å². The monoisotopic (exact) mass is 223 g/mol. The molecule has 0 bridgehead atoms. The zero-order valence-corrected chi connectivity index (χ0v) is 9.84. The first-order valence-electron chi connectivity index (χ1n) is 5.21. The maximum Gasteiger partial charge on any atom is 0.339 e. The minimum atomic E-state index is -0.978. The fraction of sp³-hybridized carbons (Fsp3) is 0.545. The molecule has 5 heteroatoms. The molecule has 88 valence electrons. The van der Waals surface area contributed by atoms with Crippen LogP contribution >= 0.6 is 0 Å². The summed E-state index contributed by atoms with van der Waals surface area (Å²) in [6.07, 6.45) is 2.72. The van der Waals surface area contributed by atoms with Crippen LogP contribution in [0, 0.1) is 5.92 Å². The third-order valence-electron chi connectivity index (χ3n) is 2.12. The maximum absolute atomic E-state index is 10.9. The summed E-state index contributed by atoms with van der Waals surface area (Å²) in [5.41, 5.74) is 0.740. The lowest BCUT2D eigenvalue weighted by molar-refractivity contribution is 0.0693. The number of carbonyl (C=O) groups is 1. The fourth-order valence-corrected chi connectivity index (χ4v) is 1.60. The number of nitrogens with zero attached hydrogens (tertiary/aromatic N) is 3. The van der Waals surface area contributed by atoms with Gasteiger partial charge in [0.05, 0.1) is 5.69 Å². The van der Waals surface area contributed by atoms with E-state index in [4.69, 9.17) is 5.11 Å². The Kier molecular flexibility index (Phi) is 4.37. The van der Waals surface area contributed by atoms with Crippen molar-refractivity contribution in [2.75, 3.05) is 13.6 Å². The van der Waals surface area contributed by atoms with Crippen LogP contribution in [0.25, 0.3) is 0 Å². The van der Waals surface area contributed by atoms with Crippen molar-refractivity contribution in [3.63, 3.8) is 0 Å². The summed E-state index contributed by atoms with van der Waals surface area (Å²) in [6, 6.07) is 0. The van der Waals surface area contributed by atoms with Crippen LogP contribution in [0.5, 0.6) is 0 Å². The Labute approximate surface area is 95.1 Å². The molecule has 1 aromatic heterocycles. The molecule has 0 atom stereocenters. The number of rotatable bonds is 5. The number of aromatic carboxylic acids is 1. The summed E-state index contributed by atoms with van der Waals surface area (Å²) >= 11 is 0. The lowest BCUT2D eigenvalue weighted by atomic mass is 10.2. The third kappa shape index (κ3) is 3.58. The van der Waals surface area contributed by atoms with E-state index in [0.717, 1.165) is 6.54 Å². The van der Waals surface area contributed by atoms with Crippen LogP contribution in [-0.4, -0.2) is 39.5 Å². The molecule has 1 aromatic rings. The highest BCUT2D eigenvalue weighted by Gasteiger charge is 2.13. The van der Waals surface area contributed by atoms with Crippen molar-refractivity contribution >= 4 is 5.97 Å². The van der Waals surface area contributed by atoms with Crippen LogP contribution in [0.2, 0.25) is 0 Å². The standard InChI is InChI=1S/C11H17N3O2/c1-8(2)5-14(3)6-10-9(11(15)16)4-12-7-13-10/h4,7-8H,5-6H2,1-3H3,(H,15,16). The smallest absolute Gasteiger partial charge is 0.339 e. The van der Waals surface area contributed by atoms with E-state index in [0.29, 0.717) is 18.2 Å². The van der Waals surface area contributed by atoms with E-state index in [2.05, 4.69) is 28.7 Å². The molecule has 0 saturated heterocycles. The Balaban J connectivity index is 2.76. The fourth-order valence-electron chi connectivity index (χ4n) is 1.60. The molecule has 0 unspecified atom stereocenters. The number of hydrogen-bond donors (Lipinski definition) is 1. The van der Waals surface area contributed by atoms with Gasteiger partial charge in [-0.05, 0) is 13.0 Å². The predicted octanol–water partition coefficient (Wildman–Crippen LogP) is 1.26. The number of hydrogen-bond acceptors (Lipinski definition) is 4. The van der Waals surface area contributed by atoms with Crippen molar-refractivity contribution in [3.05, 3.63) is 23.8 Å². The number of aromatic nitrogens is 2. The predicted molar refractivity (Wildman–Crippen MR) is 60.2 cm³/mol. The Morgan fingerprint density at radius 2 is 2.25 bits per heavy atom. The molecular formula is C11H17N3O2. The zero-order valence-electron chi connectivity index (χ0n) is 9.84. The summed E-state index contributed by atoms with van der Waals surface area (Å²) in [5.74, 6) is -0.436. The van der Waals surface area contributed by atoms with Gasteiger partial charge in [-0.15, -0.1) is 0 Å². The van der Waals surface area contributed by atoms with Gasteiger partial charge in [0.1, 0.15) is 11.9 Å². The molecular weight excluding hydrogens is 206 g/mol. The first-order valence-corrected chi connectivity index (χ1v) is 5.21. The van der Waals surface area contributed by atoms with Crippen LogP contribution in [0.1, 0.15) is 29.9 Å². The van der Waals surface area contributed by atoms with E-state index < -0.39 is 5.97 Å². The van der Waals surface area contributed by atoms with Crippen molar-refractivity contribution in [2.45, 2.75) is 20.4 Å². The van der Waals surface area contributed by atoms with Gasteiger partial charge in [-0.25, -0.2) is 14.8 Å². The molecule has 0 fully saturated rings. The highest BCUT2D eigenvalue weighted by Crippen LogP contribution is 2.07. The molecule has 0 aromatic carbocycles. The molecule has 16 heavy (non-hydrogen) atoms. The Hall–Kier alpha value is -1.49. The first kappa shape index (κ1) is 12.6. The van der Waals surface area contributed by atoms with Crippen LogP contribution < -0.4 is 0 Å². The van der Waals surface area contributed by atoms with Crippen LogP contribution in [0.3, 0.4) is 0 Å². The van der Waals surface area contributed by atoms with E-state index >= 15 is 0 Å². The van der Waals surface area contributed by atoms with Gasteiger partial charge in [-0.1, -0.05) is 13.8 Å². The van der Waals surface area contributed by atoms with Gasteiger partial charge in [0, 0.05) is 19.3 Å². The average molecular weight is 223 g/mol. The van der Waals surface area contributed by atoms with Gasteiger partial charge in [-0.2, -0.15) is 0 Å². The topological polar surface area (TPSA) is 66.3 Å². The minimum Gasteiger partial charge on any atom is -0.478 e. The Morgan fingerprint density at radius 1 is 1.56 bits per heavy atom. The van der Waals surface area contributed by atoms with Gasteiger partial charge >= 0.3 is 5.97 Å². The lowest BCUT2D eigenvalue weighted by Gasteiger charge is -2.18. The van der Waals surface area contributed by atoms with Gasteiger partial charge in [0.25, 0.3) is 0 Å². The molecule has 0 radical (unpaired) electrons. The average Bonchev–Trinajstić information content (AvgIpc) is 2.16. The molecule has 1 rings (SSSR count). The quantitative estimate of drug-likeness (QED) is 0.814. The number of carboxylic acid groups (broad SMARTS) is 1. The lowest BCUT2D eigenvalue weighted by Crippen LogP contribution is -2.24. The second kappa shape index (κ2) is 5.55. The van der Waals surface area contributed by atoms with E-state index in [9.17, 15) is 4.79 Å². The highest BCUT2D eigenvalue weighted by atomic mass is 16.4. The Bertz CT molecular complexity index is 366. The largest absolute Gasteiger partial charge is 0.478 e. The summed E-state index contributed by atoms with van der Waals surface area (Å²) < 4.78 is 0. The van der Waals surface area contributed by atoms with Crippen LogP contribution in [0.15, 0.2) is 12.5 Å². The van der Waals surface area contributed by atoms with Gasteiger partial charge in [0.15, 0.2) is 0 Å². The number of carboxylic acids is 1. The van der Waals surface area contributed by atoms with Gasteiger partial charge < -0.3 is 10.0 Å². The van der Waals surface area contributed by atoms with Crippen molar-refractivity contribution < 1.29 is 9.90 Å². The molecule has 0 saturated carbocycles. The summed E-state index contributed by atoms with van der Waals surface area (Å²) in [6.45, 7) is 5.68. The molecule has 0 amide bonds. The molecule has 0 aliphatic carbocycles. The molecule has 0 spiro atoms. The van der Waals surface area contributed by atoms with E-state index in [-0.39, 0.29) is 5.56 Å². The molecule has 5 nitrogen and oxygen atoms in total. The summed E-state index contributed by atoms with van der Waals surface area (Å²) in [5, 5.41) is 8.96. The maximum atomic E-state index is 10.9. The molecule has 0 aliphatic rings. The second-order valence-electron chi connectivity index (χ2n) is 4.28. The van der Waals surface area contributed by atoms with Crippen molar-refractivity contribution in [3.8, 4) is 0 Å².